The number of aliphatic hydroxyl groups excluding tert-OH is 1. The predicted molar refractivity (Wildman–Crippen MR) is 65.8 cm³/mol. The molecule has 1 aromatic rings. The predicted octanol–water partition coefficient (Wildman–Crippen LogP) is 2.73. The van der Waals surface area contributed by atoms with Crippen molar-refractivity contribution in [3.05, 3.63) is 29.3 Å². The second kappa shape index (κ2) is 5.79. The molecular formula is C13H18F3NO2. The maximum absolute atomic E-state index is 13.0. The van der Waals surface area contributed by atoms with Crippen molar-refractivity contribution in [3.8, 4) is 5.75 Å². The molecule has 0 unspecified atom stereocenters. The van der Waals surface area contributed by atoms with Gasteiger partial charge in [0, 0.05) is 0 Å². The number of methoxy groups -OCH3 is 1. The maximum atomic E-state index is 13.0. The van der Waals surface area contributed by atoms with E-state index in [0.29, 0.717) is 0 Å². The third kappa shape index (κ3) is 3.61. The average molecular weight is 277 g/mol. The Bertz CT molecular complexity index is 432. The van der Waals surface area contributed by atoms with Gasteiger partial charge in [-0.25, -0.2) is 0 Å². The average Bonchev–Trinajstić information content (AvgIpc) is 2.35. The van der Waals surface area contributed by atoms with Crippen molar-refractivity contribution in [2.24, 2.45) is 11.7 Å². The number of halogens is 3. The smallest absolute Gasteiger partial charge is 0.416 e. The number of nitrogens with two attached hydrogens (primary N) is 1. The third-order valence-corrected chi connectivity index (χ3v) is 2.98. The van der Waals surface area contributed by atoms with Gasteiger partial charge in [0.25, 0.3) is 0 Å². The molecule has 0 saturated carbocycles. The van der Waals surface area contributed by atoms with Crippen molar-refractivity contribution in [1.82, 2.24) is 0 Å². The van der Waals surface area contributed by atoms with E-state index in [1.807, 2.05) is 0 Å². The Labute approximate surface area is 110 Å². The molecule has 108 valence electrons. The highest BCUT2D eigenvalue weighted by Gasteiger charge is 2.36. The molecule has 1 rings (SSSR count). The molecule has 3 N–H and O–H groups in total. The maximum Gasteiger partial charge on any atom is 0.416 e. The molecule has 6 heteroatoms. The summed E-state index contributed by atoms with van der Waals surface area (Å²) in [6.45, 7) is 3.39. The molecular weight excluding hydrogens is 259 g/mol. The molecule has 0 saturated heterocycles. The molecule has 0 aromatic heterocycles. The van der Waals surface area contributed by atoms with E-state index < -0.39 is 23.9 Å². The van der Waals surface area contributed by atoms with Gasteiger partial charge < -0.3 is 15.6 Å². The summed E-state index contributed by atoms with van der Waals surface area (Å²) in [5.41, 5.74) is 4.73. The van der Waals surface area contributed by atoms with Crippen LogP contribution in [0.15, 0.2) is 18.2 Å². The van der Waals surface area contributed by atoms with Crippen molar-refractivity contribution in [2.45, 2.75) is 32.2 Å². The fourth-order valence-electron chi connectivity index (χ4n) is 1.80. The molecule has 0 spiro atoms. The zero-order valence-corrected chi connectivity index (χ0v) is 11.0. The minimum Gasteiger partial charge on any atom is -0.497 e. The molecule has 1 aromatic carbocycles. The Morgan fingerprint density at radius 1 is 1.26 bits per heavy atom. The summed E-state index contributed by atoms with van der Waals surface area (Å²) >= 11 is 0. The van der Waals surface area contributed by atoms with Gasteiger partial charge in [-0.3, -0.25) is 0 Å². The van der Waals surface area contributed by atoms with Crippen LogP contribution in [-0.2, 0) is 6.18 Å². The van der Waals surface area contributed by atoms with Gasteiger partial charge >= 0.3 is 6.18 Å². The Morgan fingerprint density at radius 2 is 1.84 bits per heavy atom. The lowest BCUT2D eigenvalue weighted by atomic mass is 9.91. The van der Waals surface area contributed by atoms with Crippen LogP contribution in [0.4, 0.5) is 13.2 Å². The molecule has 3 nitrogen and oxygen atoms in total. The molecule has 0 radical (unpaired) electrons. The van der Waals surface area contributed by atoms with Gasteiger partial charge in [-0.15, -0.1) is 0 Å². The van der Waals surface area contributed by atoms with E-state index in [4.69, 9.17) is 10.5 Å². The van der Waals surface area contributed by atoms with Crippen molar-refractivity contribution in [1.29, 1.82) is 0 Å². The minimum atomic E-state index is -4.54. The number of rotatable bonds is 4. The van der Waals surface area contributed by atoms with E-state index >= 15 is 0 Å². The SMILES string of the molecule is COc1ccc([C@H](N)[C@H](O)C(C)C)c(C(F)(F)F)c1. The highest BCUT2D eigenvalue weighted by molar-refractivity contribution is 5.39. The van der Waals surface area contributed by atoms with E-state index in [0.717, 1.165) is 6.07 Å². The van der Waals surface area contributed by atoms with Gasteiger partial charge in [-0.05, 0) is 23.6 Å². The first kappa shape index (κ1) is 15.8. The van der Waals surface area contributed by atoms with Crippen LogP contribution >= 0.6 is 0 Å². The molecule has 2 atom stereocenters. The first-order chi connectivity index (χ1) is 8.68. The number of benzene rings is 1. The molecule has 0 aliphatic heterocycles. The fourth-order valence-corrected chi connectivity index (χ4v) is 1.80. The lowest BCUT2D eigenvalue weighted by Crippen LogP contribution is -2.32. The number of aliphatic hydroxyl groups is 1. The quantitative estimate of drug-likeness (QED) is 0.889. The molecule has 19 heavy (non-hydrogen) atoms. The van der Waals surface area contributed by atoms with Crippen LogP contribution in [-0.4, -0.2) is 18.3 Å². The number of alkyl halides is 3. The van der Waals surface area contributed by atoms with Gasteiger partial charge in [-0.2, -0.15) is 13.2 Å². The van der Waals surface area contributed by atoms with Gasteiger partial charge in [0.2, 0.25) is 0 Å². The first-order valence-electron chi connectivity index (χ1n) is 5.87. The zero-order chi connectivity index (χ0) is 14.8. The second-order valence-corrected chi connectivity index (χ2v) is 4.71. The Balaban J connectivity index is 3.27. The lowest BCUT2D eigenvalue weighted by Gasteiger charge is -2.25. The topological polar surface area (TPSA) is 55.5 Å². The van der Waals surface area contributed by atoms with Crippen molar-refractivity contribution >= 4 is 0 Å². The fraction of sp³-hybridized carbons (Fsp3) is 0.538. The first-order valence-corrected chi connectivity index (χ1v) is 5.87. The molecule has 0 heterocycles. The summed E-state index contributed by atoms with van der Waals surface area (Å²) in [6, 6.07) is 2.44. The lowest BCUT2D eigenvalue weighted by molar-refractivity contribution is -0.138. The Morgan fingerprint density at radius 3 is 2.26 bits per heavy atom. The van der Waals surface area contributed by atoms with Crippen LogP contribution in [0, 0.1) is 5.92 Å². The normalized spacial score (nSPS) is 15.4. The van der Waals surface area contributed by atoms with Crippen LogP contribution < -0.4 is 10.5 Å². The van der Waals surface area contributed by atoms with Crippen molar-refractivity contribution in [3.63, 3.8) is 0 Å². The standard InChI is InChI=1S/C13H18F3NO2/c1-7(2)12(18)11(17)9-5-4-8(19-3)6-10(9)13(14,15)16/h4-7,11-12,18H,17H2,1-3H3/t11-,12+/m0/s1. The van der Waals surface area contributed by atoms with E-state index in [1.54, 1.807) is 13.8 Å². The highest BCUT2D eigenvalue weighted by Crippen LogP contribution is 2.37. The van der Waals surface area contributed by atoms with Crippen LogP contribution in [0.1, 0.15) is 31.0 Å². The summed E-state index contributed by atoms with van der Waals surface area (Å²) in [5.74, 6) is -0.138. The van der Waals surface area contributed by atoms with Gasteiger partial charge in [0.15, 0.2) is 0 Å². The minimum absolute atomic E-state index is 0.0994. The third-order valence-electron chi connectivity index (χ3n) is 2.98. The van der Waals surface area contributed by atoms with Crippen LogP contribution in [0.2, 0.25) is 0 Å². The molecule has 0 amide bonds. The van der Waals surface area contributed by atoms with Crippen LogP contribution in [0.25, 0.3) is 0 Å². The Kier molecular flexibility index (Phi) is 4.81. The van der Waals surface area contributed by atoms with Crippen LogP contribution in [0.3, 0.4) is 0 Å². The summed E-state index contributed by atoms with van der Waals surface area (Å²) in [4.78, 5) is 0. The molecule has 0 fully saturated rings. The second-order valence-electron chi connectivity index (χ2n) is 4.71. The largest absolute Gasteiger partial charge is 0.497 e. The monoisotopic (exact) mass is 277 g/mol. The van der Waals surface area contributed by atoms with Gasteiger partial charge in [0.1, 0.15) is 5.75 Å². The van der Waals surface area contributed by atoms with Crippen molar-refractivity contribution in [2.75, 3.05) is 7.11 Å². The molecule has 0 aliphatic carbocycles. The summed E-state index contributed by atoms with van der Waals surface area (Å²) < 4.78 is 43.8. The summed E-state index contributed by atoms with van der Waals surface area (Å²) in [6.07, 6.45) is -5.59. The van der Waals surface area contributed by atoms with Gasteiger partial charge in [-0.1, -0.05) is 19.9 Å². The van der Waals surface area contributed by atoms with Crippen molar-refractivity contribution < 1.29 is 23.0 Å². The number of hydrogen-bond acceptors (Lipinski definition) is 3. The highest BCUT2D eigenvalue weighted by atomic mass is 19.4. The molecule has 0 aliphatic rings. The Hall–Kier alpha value is -1.27. The van der Waals surface area contributed by atoms with E-state index in [-0.39, 0.29) is 17.2 Å². The zero-order valence-electron chi connectivity index (χ0n) is 11.0. The number of ether oxygens (including phenoxy) is 1. The summed E-state index contributed by atoms with van der Waals surface area (Å²) in [7, 11) is 1.29. The van der Waals surface area contributed by atoms with E-state index in [2.05, 4.69) is 0 Å². The summed E-state index contributed by atoms with van der Waals surface area (Å²) in [5, 5.41) is 9.84. The van der Waals surface area contributed by atoms with E-state index in [1.165, 1.54) is 19.2 Å². The van der Waals surface area contributed by atoms with Gasteiger partial charge in [0.05, 0.1) is 24.8 Å². The van der Waals surface area contributed by atoms with Crippen LogP contribution in [0.5, 0.6) is 5.75 Å². The van der Waals surface area contributed by atoms with E-state index in [9.17, 15) is 18.3 Å². The number of hydrogen-bond donors (Lipinski definition) is 2. The molecule has 0 bridgehead atoms.